The maximum atomic E-state index is 12.7. The molecule has 0 spiro atoms. The monoisotopic (exact) mass is 437 g/mol. The highest BCUT2D eigenvalue weighted by atomic mass is 35.5. The van der Waals surface area contributed by atoms with E-state index in [4.69, 9.17) is 11.6 Å². The predicted octanol–water partition coefficient (Wildman–Crippen LogP) is 4.28. The van der Waals surface area contributed by atoms with Gasteiger partial charge in [0.1, 0.15) is 0 Å². The maximum Gasteiger partial charge on any atom is 0.257 e. The zero-order valence-corrected chi connectivity index (χ0v) is 18.2. The van der Waals surface area contributed by atoms with Gasteiger partial charge in [0.05, 0.1) is 12.1 Å². The highest BCUT2D eigenvalue weighted by Crippen LogP contribution is 2.16. The van der Waals surface area contributed by atoms with Gasteiger partial charge in [-0.2, -0.15) is 0 Å². The third kappa shape index (κ3) is 5.41. The quantitative estimate of drug-likeness (QED) is 0.599. The molecule has 0 bridgehead atoms. The number of amides is 2. The Labute approximate surface area is 186 Å². The first-order valence-electron chi connectivity index (χ1n) is 10.1. The molecule has 0 radical (unpaired) electrons. The van der Waals surface area contributed by atoms with Gasteiger partial charge in [-0.3, -0.25) is 14.4 Å². The fourth-order valence-electron chi connectivity index (χ4n) is 3.19. The molecule has 0 aliphatic rings. The minimum absolute atomic E-state index is 0.0467. The SMILES string of the molecule is CCN(CC)C(=O)c1ccc(NC(=O)c2ccc(=O)n(Cc3ccccc3Cl)c2)cc1. The van der Waals surface area contributed by atoms with Crippen LogP contribution in [0.2, 0.25) is 5.02 Å². The van der Waals surface area contributed by atoms with Crippen LogP contribution in [0.4, 0.5) is 5.69 Å². The summed E-state index contributed by atoms with van der Waals surface area (Å²) in [4.78, 5) is 39.0. The Morgan fingerprint density at radius 2 is 1.58 bits per heavy atom. The van der Waals surface area contributed by atoms with E-state index in [2.05, 4.69) is 5.32 Å². The molecule has 2 amide bonds. The maximum absolute atomic E-state index is 12.7. The van der Waals surface area contributed by atoms with Gasteiger partial charge in [-0.1, -0.05) is 29.8 Å². The van der Waals surface area contributed by atoms with E-state index in [1.54, 1.807) is 35.2 Å². The van der Waals surface area contributed by atoms with E-state index in [9.17, 15) is 14.4 Å². The molecule has 3 rings (SSSR count). The second kappa shape index (κ2) is 10.1. The Hall–Kier alpha value is -3.38. The normalized spacial score (nSPS) is 10.5. The van der Waals surface area contributed by atoms with E-state index >= 15 is 0 Å². The number of nitrogens with one attached hydrogen (secondary N) is 1. The molecule has 2 aromatic carbocycles. The topological polar surface area (TPSA) is 71.4 Å². The van der Waals surface area contributed by atoms with Gasteiger partial charge >= 0.3 is 0 Å². The molecule has 1 heterocycles. The molecule has 31 heavy (non-hydrogen) atoms. The van der Waals surface area contributed by atoms with Crippen LogP contribution in [-0.2, 0) is 6.54 Å². The Balaban J connectivity index is 1.74. The molecule has 0 fully saturated rings. The first kappa shape index (κ1) is 22.3. The number of halogens is 1. The molecule has 3 aromatic rings. The van der Waals surface area contributed by atoms with Gasteiger partial charge in [0.15, 0.2) is 0 Å². The summed E-state index contributed by atoms with van der Waals surface area (Å²) in [6.07, 6.45) is 1.51. The Kier molecular flexibility index (Phi) is 7.26. The molecule has 1 N–H and O–H groups in total. The average molecular weight is 438 g/mol. The zero-order valence-electron chi connectivity index (χ0n) is 17.5. The summed E-state index contributed by atoms with van der Waals surface area (Å²) >= 11 is 6.19. The number of anilines is 1. The summed E-state index contributed by atoms with van der Waals surface area (Å²) < 4.78 is 1.45. The lowest BCUT2D eigenvalue weighted by atomic mass is 10.1. The van der Waals surface area contributed by atoms with Crippen molar-refractivity contribution >= 4 is 29.1 Å². The Bertz CT molecular complexity index is 1140. The summed E-state index contributed by atoms with van der Waals surface area (Å²) in [6, 6.07) is 16.9. The molecule has 6 nitrogen and oxygen atoms in total. The smallest absolute Gasteiger partial charge is 0.257 e. The van der Waals surface area contributed by atoms with E-state index in [1.807, 2.05) is 32.0 Å². The molecule has 7 heteroatoms. The minimum atomic E-state index is -0.351. The standard InChI is InChI=1S/C24H24ClN3O3/c1-3-27(4-2)24(31)17-9-12-20(13-10-17)26-23(30)19-11-14-22(29)28(16-19)15-18-7-5-6-8-21(18)25/h5-14,16H,3-4,15H2,1-2H3,(H,26,30). The van der Waals surface area contributed by atoms with Gasteiger partial charge < -0.3 is 14.8 Å². The first-order chi connectivity index (χ1) is 14.9. The first-order valence-corrected chi connectivity index (χ1v) is 10.4. The number of pyridine rings is 1. The average Bonchev–Trinajstić information content (AvgIpc) is 2.78. The van der Waals surface area contributed by atoms with Gasteiger partial charge in [0, 0.05) is 41.6 Å². The van der Waals surface area contributed by atoms with Crippen LogP contribution in [0.3, 0.4) is 0 Å². The van der Waals surface area contributed by atoms with Crippen LogP contribution >= 0.6 is 11.6 Å². The van der Waals surface area contributed by atoms with E-state index in [0.717, 1.165) is 5.56 Å². The molecule has 160 valence electrons. The Morgan fingerprint density at radius 3 is 2.23 bits per heavy atom. The number of aromatic nitrogens is 1. The molecule has 0 atom stereocenters. The van der Waals surface area contributed by atoms with Crippen molar-refractivity contribution in [3.05, 3.63) is 98.9 Å². The fraction of sp³-hybridized carbons (Fsp3) is 0.208. The van der Waals surface area contributed by atoms with Crippen molar-refractivity contribution in [3.8, 4) is 0 Å². The number of carbonyl (C=O) groups is 2. The van der Waals surface area contributed by atoms with Crippen molar-refractivity contribution in [2.75, 3.05) is 18.4 Å². The van der Waals surface area contributed by atoms with Crippen LogP contribution < -0.4 is 10.9 Å². The summed E-state index contributed by atoms with van der Waals surface area (Å²) in [5.41, 5.74) is 2.03. The largest absolute Gasteiger partial charge is 0.339 e. The molecular weight excluding hydrogens is 414 g/mol. The van der Waals surface area contributed by atoms with E-state index in [0.29, 0.717) is 34.9 Å². The molecule has 0 aliphatic carbocycles. The number of hydrogen-bond donors (Lipinski definition) is 1. The van der Waals surface area contributed by atoms with Crippen LogP contribution in [0, 0.1) is 0 Å². The summed E-state index contributed by atoms with van der Waals surface area (Å²) in [6.45, 7) is 5.40. The number of carbonyl (C=O) groups excluding carboxylic acids is 2. The van der Waals surface area contributed by atoms with Gasteiger partial charge in [-0.05, 0) is 55.8 Å². The number of benzene rings is 2. The van der Waals surface area contributed by atoms with Crippen LogP contribution in [0.25, 0.3) is 0 Å². The van der Waals surface area contributed by atoms with Crippen LogP contribution in [0.5, 0.6) is 0 Å². The minimum Gasteiger partial charge on any atom is -0.339 e. The fourth-order valence-corrected chi connectivity index (χ4v) is 3.39. The lowest BCUT2D eigenvalue weighted by Crippen LogP contribution is -2.30. The third-order valence-corrected chi connectivity index (χ3v) is 5.35. The van der Waals surface area contributed by atoms with Crippen molar-refractivity contribution in [1.82, 2.24) is 9.47 Å². The predicted molar refractivity (Wildman–Crippen MR) is 123 cm³/mol. The summed E-state index contributed by atoms with van der Waals surface area (Å²) in [7, 11) is 0. The highest BCUT2D eigenvalue weighted by molar-refractivity contribution is 6.31. The van der Waals surface area contributed by atoms with Crippen molar-refractivity contribution in [2.45, 2.75) is 20.4 Å². The molecule has 0 saturated carbocycles. The van der Waals surface area contributed by atoms with Crippen LogP contribution in [0.15, 0.2) is 71.7 Å². The number of rotatable bonds is 7. The summed E-state index contributed by atoms with van der Waals surface area (Å²) in [5, 5.41) is 3.36. The Morgan fingerprint density at radius 1 is 0.935 bits per heavy atom. The van der Waals surface area contributed by atoms with Crippen molar-refractivity contribution in [1.29, 1.82) is 0 Å². The molecule has 0 aliphatic heterocycles. The van der Waals surface area contributed by atoms with Crippen molar-refractivity contribution in [3.63, 3.8) is 0 Å². The van der Waals surface area contributed by atoms with E-state index < -0.39 is 0 Å². The van der Waals surface area contributed by atoms with Gasteiger partial charge in [0.2, 0.25) is 0 Å². The van der Waals surface area contributed by atoms with E-state index in [1.165, 1.54) is 22.9 Å². The summed E-state index contributed by atoms with van der Waals surface area (Å²) in [5.74, 6) is -0.398. The third-order valence-electron chi connectivity index (χ3n) is 4.98. The number of hydrogen-bond acceptors (Lipinski definition) is 3. The molecule has 0 saturated heterocycles. The molecule has 0 unspecified atom stereocenters. The second-order valence-corrected chi connectivity index (χ2v) is 7.39. The molecular formula is C24H24ClN3O3. The second-order valence-electron chi connectivity index (χ2n) is 6.98. The zero-order chi connectivity index (χ0) is 22.4. The van der Waals surface area contributed by atoms with Gasteiger partial charge in [-0.25, -0.2) is 0 Å². The van der Waals surface area contributed by atoms with Crippen LogP contribution in [-0.4, -0.2) is 34.4 Å². The van der Waals surface area contributed by atoms with Gasteiger partial charge in [-0.15, -0.1) is 0 Å². The number of nitrogens with zero attached hydrogens (tertiary/aromatic N) is 2. The van der Waals surface area contributed by atoms with Crippen molar-refractivity contribution in [2.24, 2.45) is 0 Å². The highest BCUT2D eigenvalue weighted by Gasteiger charge is 2.13. The lowest BCUT2D eigenvalue weighted by molar-refractivity contribution is 0.0773. The van der Waals surface area contributed by atoms with Gasteiger partial charge in [0.25, 0.3) is 17.4 Å². The van der Waals surface area contributed by atoms with E-state index in [-0.39, 0.29) is 23.9 Å². The van der Waals surface area contributed by atoms with Crippen LogP contribution in [0.1, 0.15) is 40.1 Å². The lowest BCUT2D eigenvalue weighted by Gasteiger charge is -2.18. The van der Waals surface area contributed by atoms with Crippen molar-refractivity contribution < 1.29 is 9.59 Å². The molecule has 1 aromatic heterocycles.